The van der Waals surface area contributed by atoms with E-state index in [0.29, 0.717) is 11.4 Å². The van der Waals surface area contributed by atoms with Crippen molar-refractivity contribution in [2.24, 2.45) is 7.05 Å². The Kier molecular flexibility index (Phi) is 4.33. The number of hydrogen-bond acceptors (Lipinski definition) is 3. The van der Waals surface area contributed by atoms with Gasteiger partial charge in [-0.15, -0.1) is 0 Å². The van der Waals surface area contributed by atoms with Crippen molar-refractivity contribution in [1.82, 2.24) is 4.74 Å². The third-order valence-corrected chi connectivity index (χ3v) is 3.87. The van der Waals surface area contributed by atoms with Crippen LogP contribution < -0.4 is 10.9 Å². The lowest BCUT2D eigenvalue weighted by atomic mass is 10.1. The zero-order chi connectivity index (χ0) is 17.1. The van der Waals surface area contributed by atoms with Crippen molar-refractivity contribution in [2.45, 2.75) is 13.3 Å². The van der Waals surface area contributed by atoms with Crippen molar-refractivity contribution in [1.29, 1.82) is 0 Å². The Bertz CT molecular complexity index is 906. The largest absolute Gasteiger partial charge is 0.370 e. The summed E-state index contributed by atoms with van der Waals surface area (Å²) >= 11 is 0. The van der Waals surface area contributed by atoms with Crippen LogP contribution in [-0.2, 0) is 13.5 Å². The molecule has 0 saturated heterocycles. The molecular weight excluding hydrogens is 304 g/mol. The van der Waals surface area contributed by atoms with Crippen molar-refractivity contribution in [3.8, 4) is 11.3 Å². The third-order valence-electron chi connectivity index (χ3n) is 3.87. The van der Waals surface area contributed by atoms with Gasteiger partial charge in [-0.3, -0.25) is 4.79 Å². The number of amides is 1. The van der Waals surface area contributed by atoms with Gasteiger partial charge in [-0.25, -0.2) is 9.53 Å². The number of nitrogens with one attached hydrogen (secondary N) is 1. The number of rotatable bonds is 4. The molecule has 0 spiro atoms. The molecule has 0 radical (unpaired) electrons. The second kappa shape index (κ2) is 6.58. The van der Waals surface area contributed by atoms with Crippen LogP contribution in [0, 0.1) is 0 Å². The molecule has 5 heteroatoms. The minimum Gasteiger partial charge on any atom is -0.335 e. The molecular formula is C19H18N2O3. The molecule has 1 amide bonds. The Hall–Kier alpha value is -3.08. The van der Waals surface area contributed by atoms with Crippen LogP contribution in [0.3, 0.4) is 0 Å². The van der Waals surface area contributed by atoms with Gasteiger partial charge < -0.3 is 9.84 Å². The third kappa shape index (κ3) is 3.01. The molecule has 0 atom stereocenters. The maximum Gasteiger partial charge on any atom is 0.370 e. The van der Waals surface area contributed by atoms with E-state index in [1.807, 2.05) is 54.6 Å². The number of nitrogens with zero attached hydrogens (tertiary/aromatic N) is 1. The van der Waals surface area contributed by atoms with Crippen LogP contribution in [0.15, 0.2) is 63.9 Å². The van der Waals surface area contributed by atoms with Crippen molar-refractivity contribution >= 4 is 11.6 Å². The molecule has 1 heterocycles. The summed E-state index contributed by atoms with van der Waals surface area (Å²) in [7, 11) is 1.61. The molecule has 0 unspecified atom stereocenters. The first-order valence-corrected chi connectivity index (χ1v) is 7.76. The standard InChI is InChI=1S/C19H18N2O3/c1-3-13-9-11-15(12-10-13)20-18(22)16-17(21(2)24-19(16)23)14-7-5-4-6-8-14/h4-12H,3H2,1-2H3,(H,20,22). The summed E-state index contributed by atoms with van der Waals surface area (Å²) in [6.45, 7) is 2.06. The molecule has 0 bridgehead atoms. The molecule has 3 rings (SSSR count). The Morgan fingerprint density at radius 1 is 1.08 bits per heavy atom. The number of anilines is 1. The Labute approximate surface area is 139 Å². The lowest BCUT2D eigenvalue weighted by Gasteiger charge is -2.07. The van der Waals surface area contributed by atoms with Crippen molar-refractivity contribution in [2.75, 3.05) is 5.32 Å². The zero-order valence-electron chi connectivity index (χ0n) is 13.6. The summed E-state index contributed by atoms with van der Waals surface area (Å²) < 4.78 is 6.42. The van der Waals surface area contributed by atoms with E-state index in [-0.39, 0.29) is 5.56 Å². The van der Waals surface area contributed by atoms with E-state index >= 15 is 0 Å². The normalized spacial score (nSPS) is 10.6. The summed E-state index contributed by atoms with van der Waals surface area (Å²) in [6, 6.07) is 16.8. The molecule has 0 fully saturated rings. The van der Waals surface area contributed by atoms with Gasteiger partial charge in [0.2, 0.25) is 0 Å². The van der Waals surface area contributed by atoms with Crippen LogP contribution in [0.1, 0.15) is 22.8 Å². The molecule has 0 saturated carbocycles. The number of carbonyl (C=O) groups excluding carboxylic acids is 1. The second-order valence-corrected chi connectivity index (χ2v) is 5.47. The van der Waals surface area contributed by atoms with Crippen LogP contribution in [0.25, 0.3) is 11.3 Å². The monoisotopic (exact) mass is 322 g/mol. The Balaban J connectivity index is 1.96. The minimum atomic E-state index is -0.654. The van der Waals surface area contributed by atoms with Gasteiger partial charge in [-0.1, -0.05) is 49.4 Å². The van der Waals surface area contributed by atoms with E-state index in [4.69, 9.17) is 4.52 Å². The first-order chi connectivity index (χ1) is 11.6. The summed E-state index contributed by atoms with van der Waals surface area (Å²) in [5.74, 6) is -0.479. The fraction of sp³-hybridized carbons (Fsp3) is 0.158. The fourth-order valence-electron chi connectivity index (χ4n) is 2.61. The van der Waals surface area contributed by atoms with Gasteiger partial charge >= 0.3 is 5.63 Å². The molecule has 0 aliphatic carbocycles. The summed E-state index contributed by atoms with van der Waals surface area (Å²) in [6.07, 6.45) is 0.925. The smallest absolute Gasteiger partial charge is 0.335 e. The Morgan fingerprint density at radius 3 is 2.38 bits per heavy atom. The van der Waals surface area contributed by atoms with E-state index in [9.17, 15) is 9.59 Å². The van der Waals surface area contributed by atoms with Crippen LogP contribution >= 0.6 is 0 Å². The van der Waals surface area contributed by atoms with E-state index < -0.39 is 11.5 Å². The fourth-order valence-corrected chi connectivity index (χ4v) is 2.61. The van der Waals surface area contributed by atoms with E-state index in [0.717, 1.165) is 12.0 Å². The predicted molar refractivity (Wildman–Crippen MR) is 93.2 cm³/mol. The minimum absolute atomic E-state index is 0.00303. The predicted octanol–water partition coefficient (Wildman–Crippen LogP) is 3.46. The summed E-state index contributed by atoms with van der Waals surface area (Å²) in [5.41, 5.74) is 2.37. The number of benzene rings is 2. The SMILES string of the molecule is CCc1ccc(NC(=O)c2c(-c3ccccc3)n(C)oc2=O)cc1. The number of carbonyl (C=O) groups is 1. The van der Waals surface area contributed by atoms with Crippen LogP contribution in [0.4, 0.5) is 5.69 Å². The van der Waals surface area contributed by atoms with Gasteiger partial charge in [0, 0.05) is 18.3 Å². The van der Waals surface area contributed by atoms with Crippen molar-refractivity contribution in [3.05, 3.63) is 76.1 Å². The van der Waals surface area contributed by atoms with Crippen molar-refractivity contribution < 1.29 is 9.32 Å². The lowest BCUT2D eigenvalue weighted by Crippen LogP contribution is -2.19. The maximum absolute atomic E-state index is 12.6. The van der Waals surface area contributed by atoms with Crippen LogP contribution in [0.2, 0.25) is 0 Å². The molecule has 24 heavy (non-hydrogen) atoms. The number of aryl methyl sites for hydroxylation is 2. The molecule has 0 aliphatic rings. The highest BCUT2D eigenvalue weighted by Crippen LogP contribution is 2.22. The van der Waals surface area contributed by atoms with Crippen molar-refractivity contribution in [3.63, 3.8) is 0 Å². The van der Waals surface area contributed by atoms with Gasteiger partial charge in [0.05, 0.1) is 0 Å². The Morgan fingerprint density at radius 2 is 1.75 bits per heavy atom. The van der Waals surface area contributed by atoms with E-state index in [1.165, 1.54) is 10.3 Å². The molecule has 1 aromatic heterocycles. The van der Waals surface area contributed by atoms with E-state index in [2.05, 4.69) is 12.2 Å². The molecule has 0 aliphatic heterocycles. The highest BCUT2D eigenvalue weighted by atomic mass is 16.5. The first-order valence-electron chi connectivity index (χ1n) is 7.76. The van der Waals surface area contributed by atoms with Gasteiger partial charge in [-0.05, 0) is 24.1 Å². The quantitative estimate of drug-likeness (QED) is 0.800. The van der Waals surface area contributed by atoms with Gasteiger partial charge in [0.1, 0.15) is 5.69 Å². The highest BCUT2D eigenvalue weighted by molar-refractivity contribution is 6.07. The zero-order valence-corrected chi connectivity index (χ0v) is 13.6. The molecule has 1 N–H and O–H groups in total. The molecule has 2 aromatic carbocycles. The summed E-state index contributed by atoms with van der Waals surface area (Å²) in [5, 5.41) is 2.76. The van der Waals surface area contributed by atoms with Gasteiger partial charge in [-0.2, -0.15) is 0 Å². The topological polar surface area (TPSA) is 64.2 Å². The maximum atomic E-state index is 12.6. The second-order valence-electron chi connectivity index (χ2n) is 5.47. The highest BCUT2D eigenvalue weighted by Gasteiger charge is 2.23. The lowest BCUT2D eigenvalue weighted by molar-refractivity contribution is 0.102. The first kappa shape index (κ1) is 15.8. The van der Waals surface area contributed by atoms with Crippen LogP contribution in [0.5, 0.6) is 0 Å². The average Bonchev–Trinajstić information content (AvgIpc) is 2.90. The van der Waals surface area contributed by atoms with Gasteiger partial charge in [0.25, 0.3) is 5.91 Å². The molecule has 5 nitrogen and oxygen atoms in total. The summed E-state index contributed by atoms with van der Waals surface area (Å²) in [4.78, 5) is 24.7. The van der Waals surface area contributed by atoms with Crippen LogP contribution in [-0.4, -0.2) is 10.6 Å². The number of hydrogen-bond donors (Lipinski definition) is 1. The molecule has 3 aromatic rings. The van der Waals surface area contributed by atoms with E-state index in [1.54, 1.807) is 7.05 Å². The van der Waals surface area contributed by atoms with Gasteiger partial charge in [0.15, 0.2) is 5.56 Å². The number of aromatic nitrogens is 1. The molecule has 122 valence electrons. The average molecular weight is 322 g/mol.